The Labute approximate surface area is 450 Å². The summed E-state index contributed by atoms with van der Waals surface area (Å²) in [6.45, 7) is 21.2. The lowest BCUT2D eigenvalue weighted by molar-refractivity contribution is 0.0577. The van der Waals surface area contributed by atoms with E-state index in [4.69, 9.17) is 56.7 Å². The lowest BCUT2D eigenvalue weighted by atomic mass is 10.1. The molecule has 4 aromatic rings. The van der Waals surface area contributed by atoms with Crippen LogP contribution < -0.4 is 0 Å². The van der Waals surface area contributed by atoms with Gasteiger partial charge in [0, 0.05) is 43.6 Å². The summed E-state index contributed by atoms with van der Waals surface area (Å²) in [4.78, 5) is 34.8. The van der Waals surface area contributed by atoms with Crippen molar-refractivity contribution in [2.45, 2.75) is 88.3 Å². The minimum Gasteiger partial charge on any atom is -0.478 e. The number of carboxylic acid groups (broad SMARTS) is 2. The molecule has 0 aliphatic carbocycles. The predicted molar refractivity (Wildman–Crippen MR) is 324 cm³/mol. The maximum absolute atomic E-state index is 11.4. The number of aryl methyl sites for hydroxylation is 3. The highest BCUT2D eigenvalue weighted by Gasteiger charge is 2.06. The zero-order chi connectivity index (χ0) is 52.7. The number of methoxy groups -OCH3 is 1. The van der Waals surface area contributed by atoms with Crippen LogP contribution >= 0.6 is 90.4 Å². The largest absolute Gasteiger partial charge is 0.478 e. The van der Waals surface area contributed by atoms with E-state index >= 15 is 0 Å². The first-order valence-corrected chi connectivity index (χ1v) is 27.7. The Morgan fingerprint density at radius 3 is 1.20 bits per heavy atom. The number of thiocarbonyl (C=S) groups is 3. The Kier molecular flexibility index (Phi) is 58.0. The highest BCUT2D eigenvalue weighted by molar-refractivity contribution is 8.23. The number of esters is 1. The molecule has 0 radical (unpaired) electrons. The molecule has 0 aromatic heterocycles. The van der Waals surface area contributed by atoms with Crippen LogP contribution in [0, 0.1) is 6.92 Å². The third-order valence-corrected chi connectivity index (χ3v) is 11.7. The number of aliphatic hydroxyl groups is 1. The fourth-order valence-corrected chi connectivity index (χ4v) is 6.73. The first-order chi connectivity index (χ1) is 32.3. The van der Waals surface area contributed by atoms with E-state index in [9.17, 15) is 14.4 Å². The summed E-state index contributed by atoms with van der Waals surface area (Å²) >= 11 is 19.8. The standard InChI is InChI=1S/C12H15O2PS2.C11H12O2S2.C10H10O2S2.C7H8.C5H13N.C3H8O.C2H6.CH5OP.CH4/c1-9(16)17-7-6-10-2-4-11(5-3-10)12(13)14-8-15;1-8(14)15-7-6-9-2-4-10(5-3-9)11(12)13;1-7(13)14-6-8-2-4-9(5-3-8)10(11)12;1-7-5-3-2-4-6-7;1-4-6(3)5-2;1-3-4-2;1-2;2-1-3;/h2-5H,6-8,15H2,1H3;2-5H,6-7H2,1H3,(H,12,13);2-5H,6H2,1H3,(H,11,12);2-6H,1H3;4-5H2,1-3H3;3H2,1-2H3;1-2H3;2H,1,3H2;1H4. The maximum Gasteiger partial charge on any atom is 0.338 e. The van der Waals surface area contributed by atoms with Gasteiger partial charge in [-0.05, 0) is 121 Å². The van der Waals surface area contributed by atoms with Gasteiger partial charge in [0.2, 0.25) is 0 Å². The fourth-order valence-electron chi connectivity index (χ4n) is 4.09. The summed E-state index contributed by atoms with van der Waals surface area (Å²) in [6.07, 6.45) is 2.36. The molecule has 0 spiro atoms. The third kappa shape index (κ3) is 50.1. The van der Waals surface area contributed by atoms with Gasteiger partial charge in [-0.1, -0.05) is 153 Å². The molecule has 0 bridgehead atoms. The average Bonchev–Trinajstić information content (AvgIpc) is 3.33. The summed E-state index contributed by atoms with van der Waals surface area (Å²) in [5, 5.41) is 24.9. The highest BCUT2D eigenvalue weighted by atomic mass is 32.2. The van der Waals surface area contributed by atoms with Crippen LogP contribution in [-0.4, -0.2) is 109 Å². The second-order valence-corrected chi connectivity index (χ2v) is 20.3. The summed E-state index contributed by atoms with van der Waals surface area (Å²) in [7, 11) is 8.28. The molecule has 0 fully saturated rings. The number of carbonyl (C=O) groups is 3. The molecule has 3 N–H and O–H groups in total. The van der Waals surface area contributed by atoms with Crippen molar-refractivity contribution in [3.8, 4) is 0 Å². The van der Waals surface area contributed by atoms with E-state index < -0.39 is 11.9 Å². The number of thioether (sulfide) groups is 3. The number of carboxylic acids is 2. The smallest absolute Gasteiger partial charge is 0.338 e. The van der Waals surface area contributed by atoms with Crippen LogP contribution in [0.3, 0.4) is 0 Å². The quantitative estimate of drug-likeness (QED) is 0.0592. The molecule has 69 heavy (non-hydrogen) atoms. The van der Waals surface area contributed by atoms with Gasteiger partial charge >= 0.3 is 17.9 Å². The van der Waals surface area contributed by atoms with E-state index in [1.54, 1.807) is 78.8 Å². The minimum absolute atomic E-state index is 0. The monoisotopic (exact) mass is 1100 g/mol. The van der Waals surface area contributed by atoms with Gasteiger partial charge < -0.3 is 29.7 Å². The molecule has 4 rings (SSSR count). The SMILES string of the molecule is C.CC.CC(=S)SCCc1ccc(C(=O)O)cc1.CC(=S)SCCc1ccc(C(=O)OCP)cc1.CC(=S)SCc1ccc(C(=O)O)cc1.CCN(C)CC.CCOC.Cc1ccccc1.OCP. The number of carbonyl (C=O) groups excluding carboxylic acids is 1. The van der Waals surface area contributed by atoms with Gasteiger partial charge in [-0.25, -0.2) is 14.4 Å². The molecule has 0 amide bonds. The number of aromatic carboxylic acids is 2. The van der Waals surface area contributed by atoms with Crippen molar-refractivity contribution in [3.05, 3.63) is 142 Å². The van der Waals surface area contributed by atoms with Gasteiger partial charge in [0.25, 0.3) is 0 Å². The van der Waals surface area contributed by atoms with Gasteiger partial charge in [-0.2, -0.15) is 0 Å². The molecule has 0 saturated heterocycles. The molecule has 4 aromatic carbocycles. The van der Waals surface area contributed by atoms with Crippen molar-refractivity contribution < 1.29 is 39.2 Å². The third-order valence-electron chi connectivity index (χ3n) is 7.95. The Hall–Kier alpha value is -2.65. The van der Waals surface area contributed by atoms with E-state index in [2.05, 4.69) is 68.1 Å². The van der Waals surface area contributed by atoms with Crippen LogP contribution in [0.4, 0.5) is 0 Å². The molecule has 9 nitrogen and oxygen atoms in total. The minimum atomic E-state index is -0.893. The van der Waals surface area contributed by atoms with Gasteiger partial charge in [-0.15, -0.1) is 44.5 Å². The zero-order valence-corrected chi connectivity index (χ0v) is 49.0. The zero-order valence-electron chi connectivity index (χ0n) is 41.8. The summed E-state index contributed by atoms with van der Waals surface area (Å²) in [6, 6.07) is 31.6. The molecular weight excluding hydrogens is 1020 g/mol. The van der Waals surface area contributed by atoms with E-state index in [1.165, 1.54) is 11.1 Å². The lowest BCUT2D eigenvalue weighted by Gasteiger charge is -2.07. The molecular formula is C52H81NO8P2S6. The van der Waals surface area contributed by atoms with E-state index in [0.717, 1.165) is 73.5 Å². The normalized spacial score (nSPS) is 9.14. The summed E-state index contributed by atoms with van der Waals surface area (Å²) in [5.74, 6) is 0.665. The summed E-state index contributed by atoms with van der Waals surface area (Å²) < 4.78 is 12.2. The van der Waals surface area contributed by atoms with E-state index in [-0.39, 0.29) is 19.7 Å². The first kappa shape index (κ1) is 75.3. The van der Waals surface area contributed by atoms with Crippen LogP contribution in [0.15, 0.2) is 103 Å². The average molecular weight is 1100 g/mol. The lowest BCUT2D eigenvalue weighted by Crippen LogP contribution is -2.15. The molecule has 2 atom stereocenters. The van der Waals surface area contributed by atoms with Gasteiger partial charge in [0.05, 0.1) is 23.0 Å². The molecule has 17 heteroatoms. The van der Waals surface area contributed by atoms with Crippen molar-refractivity contribution in [2.75, 3.05) is 58.1 Å². The van der Waals surface area contributed by atoms with Gasteiger partial charge in [0.15, 0.2) is 0 Å². The van der Waals surface area contributed by atoms with Crippen LogP contribution in [0.2, 0.25) is 0 Å². The van der Waals surface area contributed by atoms with Gasteiger partial charge in [-0.3, -0.25) is 0 Å². The van der Waals surface area contributed by atoms with Gasteiger partial charge in [0.1, 0.15) is 6.35 Å². The van der Waals surface area contributed by atoms with Crippen molar-refractivity contribution in [1.82, 2.24) is 4.90 Å². The van der Waals surface area contributed by atoms with Crippen LogP contribution in [0.25, 0.3) is 0 Å². The van der Waals surface area contributed by atoms with Crippen molar-refractivity contribution in [3.63, 3.8) is 0 Å². The number of hydrogen-bond acceptors (Lipinski definition) is 13. The molecule has 388 valence electrons. The molecule has 0 aliphatic rings. The topological polar surface area (TPSA) is 134 Å². The second-order valence-electron chi connectivity index (χ2n) is 13.2. The number of aliphatic hydroxyl groups excluding tert-OH is 1. The Morgan fingerprint density at radius 1 is 0.623 bits per heavy atom. The van der Waals surface area contributed by atoms with E-state index in [1.807, 2.05) is 96.1 Å². The second kappa shape index (κ2) is 53.2. The Bertz CT molecular complexity index is 1890. The Balaban J connectivity index is -0.000000244. The highest BCUT2D eigenvalue weighted by Crippen LogP contribution is 2.15. The number of nitrogens with zero attached hydrogens (tertiary/aromatic N) is 1. The maximum atomic E-state index is 11.4. The number of ether oxygens (including phenoxy) is 2. The first-order valence-electron chi connectivity index (χ1n) is 21.9. The predicted octanol–water partition coefficient (Wildman–Crippen LogP) is 14.4. The van der Waals surface area contributed by atoms with Crippen molar-refractivity contribution in [1.29, 1.82) is 0 Å². The van der Waals surface area contributed by atoms with E-state index in [0.29, 0.717) is 23.0 Å². The molecule has 0 saturated carbocycles. The summed E-state index contributed by atoms with van der Waals surface area (Å²) in [5.41, 5.74) is 6.00. The molecule has 2 unspecified atom stereocenters. The van der Waals surface area contributed by atoms with Crippen LogP contribution in [0.5, 0.6) is 0 Å². The Morgan fingerprint density at radius 2 is 0.957 bits per heavy atom. The fraction of sp³-hybridized carbons (Fsp3) is 0.423. The number of rotatable bonds is 15. The van der Waals surface area contributed by atoms with Crippen LogP contribution in [-0.2, 0) is 28.1 Å². The van der Waals surface area contributed by atoms with Crippen molar-refractivity contribution >= 4 is 121 Å². The number of hydrogen-bond donors (Lipinski definition) is 3. The van der Waals surface area contributed by atoms with Crippen LogP contribution in [0.1, 0.15) is 116 Å². The molecule has 0 aliphatic heterocycles. The number of benzene rings is 4. The van der Waals surface area contributed by atoms with Crippen molar-refractivity contribution in [2.24, 2.45) is 0 Å². The molecule has 0 heterocycles.